The molecule has 6 nitrogen and oxygen atoms in total. The molecule has 0 spiro atoms. The molecule has 3 rings (SSSR count). The summed E-state index contributed by atoms with van der Waals surface area (Å²) in [7, 11) is 1.62. The highest BCUT2D eigenvalue weighted by Gasteiger charge is 2.46. The van der Waals surface area contributed by atoms with Crippen LogP contribution < -0.4 is 4.74 Å². The number of ether oxygens (including phenoxy) is 2. The van der Waals surface area contributed by atoms with Crippen LogP contribution in [-0.2, 0) is 14.3 Å². The maximum atomic E-state index is 13.4. The van der Waals surface area contributed by atoms with Gasteiger partial charge in [-0.1, -0.05) is 38.1 Å². The molecule has 1 aliphatic heterocycles. The van der Waals surface area contributed by atoms with Gasteiger partial charge in [0.05, 0.1) is 24.8 Å². The Labute approximate surface area is 208 Å². The van der Waals surface area contributed by atoms with E-state index in [4.69, 9.17) is 9.47 Å². The molecule has 0 aliphatic carbocycles. The van der Waals surface area contributed by atoms with Crippen LogP contribution in [0.5, 0.6) is 5.75 Å². The Bertz CT molecular complexity index is 1130. The molecule has 1 unspecified atom stereocenters. The number of benzene rings is 2. The third-order valence-corrected chi connectivity index (χ3v) is 6.47. The molecule has 1 heterocycles. The average molecular weight is 480 g/mol. The van der Waals surface area contributed by atoms with E-state index >= 15 is 0 Å². The van der Waals surface area contributed by atoms with Crippen LogP contribution in [0, 0.1) is 13.8 Å². The fourth-order valence-electron chi connectivity index (χ4n) is 4.61. The van der Waals surface area contributed by atoms with Crippen LogP contribution in [0.2, 0.25) is 0 Å². The molecule has 1 fully saturated rings. The molecule has 1 saturated heterocycles. The highest BCUT2D eigenvalue weighted by atomic mass is 16.5. The van der Waals surface area contributed by atoms with Gasteiger partial charge in [0.15, 0.2) is 0 Å². The van der Waals surface area contributed by atoms with Crippen LogP contribution in [0.3, 0.4) is 0 Å². The number of methoxy groups -OCH3 is 1. The third-order valence-electron chi connectivity index (χ3n) is 6.47. The van der Waals surface area contributed by atoms with Gasteiger partial charge in [-0.15, -0.1) is 0 Å². The highest BCUT2D eigenvalue weighted by Crippen LogP contribution is 2.42. The minimum Gasteiger partial charge on any atom is -0.507 e. The molecule has 35 heavy (non-hydrogen) atoms. The van der Waals surface area contributed by atoms with Crippen LogP contribution in [0.25, 0.3) is 5.76 Å². The number of carbonyl (C=O) groups excluding carboxylic acids is 2. The van der Waals surface area contributed by atoms with Crippen LogP contribution >= 0.6 is 0 Å². The summed E-state index contributed by atoms with van der Waals surface area (Å²) in [6, 6.07) is 10.7. The fraction of sp³-hybridized carbons (Fsp3) is 0.448. The zero-order valence-electron chi connectivity index (χ0n) is 21.8. The van der Waals surface area contributed by atoms with Gasteiger partial charge in [0, 0.05) is 18.7 Å². The van der Waals surface area contributed by atoms with E-state index in [0.717, 1.165) is 28.0 Å². The van der Waals surface area contributed by atoms with Crippen molar-refractivity contribution in [1.29, 1.82) is 0 Å². The number of aryl methyl sites for hydroxylation is 2. The first-order valence-electron chi connectivity index (χ1n) is 12.2. The molecule has 0 aromatic heterocycles. The highest BCUT2D eigenvalue weighted by molar-refractivity contribution is 6.46. The Morgan fingerprint density at radius 1 is 1.06 bits per heavy atom. The van der Waals surface area contributed by atoms with E-state index in [9.17, 15) is 14.7 Å². The van der Waals surface area contributed by atoms with E-state index < -0.39 is 17.7 Å². The van der Waals surface area contributed by atoms with Crippen molar-refractivity contribution < 1.29 is 24.2 Å². The number of carbonyl (C=O) groups is 2. The summed E-state index contributed by atoms with van der Waals surface area (Å²) in [4.78, 5) is 28.1. The van der Waals surface area contributed by atoms with Crippen molar-refractivity contribution in [1.82, 2.24) is 4.90 Å². The zero-order valence-corrected chi connectivity index (χ0v) is 21.8. The quantitative estimate of drug-likeness (QED) is 0.217. The SMILES string of the molecule is COc1cc(C)c(/C(O)=C2\C(=O)C(=O)N(CCCOC(C)C)C2c2ccccc2C)cc1C(C)C. The molecular weight excluding hydrogens is 442 g/mol. The second-order valence-electron chi connectivity index (χ2n) is 9.69. The monoisotopic (exact) mass is 479 g/mol. The van der Waals surface area contributed by atoms with Crippen molar-refractivity contribution in [2.75, 3.05) is 20.3 Å². The van der Waals surface area contributed by atoms with Crippen LogP contribution in [0.1, 0.15) is 73.9 Å². The number of likely N-dealkylation sites (tertiary alicyclic amines) is 1. The number of hydrogen-bond donors (Lipinski definition) is 1. The average Bonchev–Trinajstić information content (AvgIpc) is 3.05. The summed E-state index contributed by atoms with van der Waals surface area (Å²) in [6.45, 7) is 12.7. The summed E-state index contributed by atoms with van der Waals surface area (Å²) in [6.07, 6.45) is 0.679. The van der Waals surface area contributed by atoms with Gasteiger partial charge < -0.3 is 19.5 Å². The molecule has 6 heteroatoms. The van der Waals surface area contributed by atoms with E-state index in [2.05, 4.69) is 0 Å². The van der Waals surface area contributed by atoms with Gasteiger partial charge in [-0.2, -0.15) is 0 Å². The first kappa shape index (κ1) is 26.5. The molecule has 1 N–H and O–H groups in total. The molecular formula is C29H37NO5. The van der Waals surface area contributed by atoms with E-state index in [1.165, 1.54) is 0 Å². The number of aliphatic hydroxyl groups is 1. The lowest BCUT2D eigenvalue weighted by molar-refractivity contribution is -0.140. The Kier molecular flexibility index (Phi) is 8.39. The molecule has 0 saturated carbocycles. The van der Waals surface area contributed by atoms with Crippen LogP contribution in [0.15, 0.2) is 42.0 Å². The Morgan fingerprint density at radius 2 is 1.74 bits per heavy atom. The van der Waals surface area contributed by atoms with E-state index in [-0.39, 0.29) is 23.4 Å². The Morgan fingerprint density at radius 3 is 2.34 bits per heavy atom. The standard InChI is InChI=1S/C29H37NO5/c1-17(2)22-16-23(20(6)15-24(22)34-7)27(31)25-26(21-12-9-8-11-19(21)5)30(29(33)28(25)32)13-10-14-35-18(3)4/h8-9,11-12,15-18,26,31H,10,13-14H2,1-7H3/b27-25+. The maximum absolute atomic E-state index is 13.4. The van der Waals surface area contributed by atoms with Gasteiger partial charge in [0.25, 0.3) is 11.7 Å². The minimum atomic E-state index is -0.667. The lowest BCUT2D eigenvalue weighted by Crippen LogP contribution is -2.31. The van der Waals surface area contributed by atoms with Gasteiger partial charge in [-0.05, 0) is 74.4 Å². The number of aliphatic hydroxyl groups excluding tert-OH is 1. The molecule has 0 bridgehead atoms. The smallest absolute Gasteiger partial charge is 0.295 e. The second kappa shape index (κ2) is 11.1. The van der Waals surface area contributed by atoms with E-state index in [0.29, 0.717) is 25.1 Å². The largest absolute Gasteiger partial charge is 0.507 e. The molecule has 1 aliphatic rings. The van der Waals surface area contributed by atoms with Crippen molar-refractivity contribution in [2.24, 2.45) is 0 Å². The molecule has 2 aromatic carbocycles. The second-order valence-corrected chi connectivity index (χ2v) is 9.69. The minimum absolute atomic E-state index is 0.0887. The van der Waals surface area contributed by atoms with Crippen LogP contribution in [-0.4, -0.2) is 48.1 Å². The summed E-state index contributed by atoms with van der Waals surface area (Å²) in [5, 5.41) is 11.6. The first-order valence-corrected chi connectivity index (χ1v) is 12.2. The third kappa shape index (κ3) is 5.43. The van der Waals surface area contributed by atoms with E-state index in [1.807, 2.05) is 77.9 Å². The predicted octanol–water partition coefficient (Wildman–Crippen LogP) is 5.67. The normalized spacial score (nSPS) is 17.6. The lowest BCUT2D eigenvalue weighted by Gasteiger charge is -2.27. The van der Waals surface area contributed by atoms with Gasteiger partial charge >= 0.3 is 0 Å². The number of amides is 1. The summed E-state index contributed by atoms with van der Waals surface area (Å²) in [5.74, 6) is -0.538. The summed E-state index contributed by atoms with van der Waals surface area (Å²) < 4.78 is 11.2. The number of hydrogen-bond acceptors (Lipinski definition) is 5. The number of nitrogens with zero attached hydrogens (tertiary/aromatic N) is 1. The van der Waals surface area contributed by atoms with Crippen molar-refractivity contribution in [3.05, 3.63) is 69.8 Å². The molecule has 188 valence electrons. The van der Waals surface area contributed by atoms with Crippen LogP contribution in [0.4, 0.5) is 0 Å². The van der Waals surface area contributed by atoms with Gasteiger partial charge in [-0.25, -0.2) is 0 Å². The molecule has 2 aromatic rings. The molecule has 0 radical (unpaired) electrons. The van der Waals surface area contributed by atoms with Crippen molar-refractivity contribution in [2.45, 2.75) is 66.0 Å². The number of ketones is 1. The topological polar surface area (TPSA) is 76.1 Å². The first-order chi connectivity index (χ1) is 16.6. The van der Waals surface area contributed by atoms with Gasteiger partial charge in [-0.3, -0.25) is 9.59 Å². The fourth-order valence-corrected chi connectivity index (χ4v) is 4.61. The lowest BCUT2D eigenvalue weighted by atomic mass is 9.90. The number of rotatable bonds is 9. The van der Waals surface area contributed by atoms with Crippen molar-refractivity contribution >= 4 is 17.4 Å². The van der Waals surface area contributed by atoms with Gasteiger partial charge in [0.2, 0.25) is 0 Å². The van der Waals surface area contributed by atoms with Crippen molar-refractivity contribution in [3.63, 3.8) is 0 Å². The molecule has 1 amide bonds. The Hall–Kier alpha value is -3.12. The van der Waals surface area contributed by atoms with Gasteiger partial charge in [0.1, 0.15) is 11.5 Å². The summed E-state index contributed by atoms with van der Waals surface area (Å²) in [5.41, 5.74) is 4.12. The van der Waals surface area contributed by atoms with E-state index in [1.54, 1.807) is 12.0 Å². The Balaban J connectivity index is 2.16. The van der Waals surface area contributed by atoms with Crippen molar-refractivity contribution in [3.8, 4) is 5.75 Å². The number of Topliss-reactive ketones (excluding diaryl/α,β-unsaturated/α-hetero) is 1. The predicted molar refractivity (Wildman–Crippen MR) is 138 cm³/mol. The molecule has 1 atom stereocenters. The summed E-state index contributed by atoms with van der Waals surface area (Å²) >= 11 is 0. The maximum Gasteiger partial charge on any atom is 0.295 e. The zero-order chi connectivity index (χ0) is 25.9.